The molecule has 1 aromatic carbocycles. The predicted octanol–water partition coefficient (Wildman–Crippen LogP) is -0.626. The fourth-order valence-corrected chi connectivity index (χ4v) is 2.20. The second-order valence-electron chi connectivity index (χ2n) is 2.63. The van der Waals surface area contributed by atoms with E-state index in [0.29, 0.717) is 40.1 Å². The summed E-state index contributed by atoms with van der Waals surface area (Å²) >= 11 is 0.664. The molecule has 6 heteroatoms. The van der Waals surface area contributed by atoms with Crippen LogP contribution in [0.25, 0.3) is 0 Å². The van der Waals surface area contributed by atoms with E-state index in [2.05, 4.69) is 5.16 Å². The first kappa shape index (κ1) is 9.13. The van der Waals surface area contributed by atoms with E-state index in [-0.39, 0.29) is 5.82 Å². The van der Waals surface area contributed by atoms with Gasteiger partial charge in [0.2, 0.25) is 0 Å². The van der Waals surface area contributed by atoms with Crippen molar-refractivity contribution in [2.75, 3.05) is 0 Å². The minimum absolute atomic E-state index is 0.323. The zero-order chi connectivity index (χ0) is 9.42. The Balaban J connectivity index is 2.60. The molecule has 1 N–H and O–H groups in total. The third-order valence-electron chi connectivity index (χ3n) is 1.78. The van der Waals surface area contributed by atoms with E-state index >= 15 is 0 Å². The van der Waals surface area contributed by atoms with E-state index in [1.54, 1.807) is 0 Å². The molecule has 0 bridgehead atoms. The molecule has 0 saturated heterocycles. The van der Waals surface area contributed by atoms with E-state index in [1.807, 2.05) is 0 Å². The van der Waals surface area contributed by atoms with Gasteiger partial charge in [-0.2, -0.15) is 0 Å². The third-order valence-corrected chi connectivity index (χ3v) is 3.18. The van der Waals surface area contributed by atoms with Crippen LogP contribution in [-0.4, -0.2) is 41.2 Å². The van der Waals surface area contributed by atoms with E-state index in [4.69, 9.17) is 4.76 Å². The van der Waals surface area contributed by atoms with Crippen LogP contribution in [0.2, 0.25) is 0 Å². The van der Waals surface area contributed by atoms with E-state index in [0.717, 1.165) is 0 Å². The average molecular weight is 371 g/mol. The van der Waals surface area contributed by atoms with Gasteiger partial charge < -0.3 is 0 Å². The first-order valence-corrected chi connectivity index (χ1v) is 5.56. The monoisotopic (exact) mass is 372 g/mol. The SMILES string of the molecule is OB1ON=[C]([Pb])c2cc(F)ccc21. The number of oxime groups is 1. The predicted molar refractivity (Wildman–Crippen MR) is 47.4 cm³/mol. The molecule has 1 aliphatic rings. The molecule has 0 atom stereocenters. The first-order valence-electron chi connectivity index (χ1n) is 3.62. The van der Waals surface area contributed by atoms with Crippen LogP contribution in [0.4, 0.5) is 4.39 Å². The number of hydrogen-bond acceptors (Lipinski definition) is 3. The van der Waals surface area contributed by atoms with Crippen LogP contribution in [0.3, 0.4) is 0 Å². The number of halogens is 1. The van der Waals surface area contributed by atoms with Gasteiger partial charge in [0, 0.05) is 0 Å². The van der Waals surface area contributed by atoms with Gasteiger partial charge in [-0.1, -0.05) is 0 Å². The van der Waals surface area contributed by atoms with Crippen molar-refractivity contribution < 1.29 is 14.2 Å². The first-order chi connectivity index (χ1) is 6.18. The van der Waals surface area contributed by atoms with Gasteiger partial charge in [-0.3, -0.25) is 0 Å². The Kier molecular flexibility index (Phi) is 2.37. The molecule has 0 fully saturated rings. The van der Waals surface area contributed by atoms with Crippen molar-refractivity contribution in [1.82, 2.24) is 0 Å². The normalized spacial score (nSPS) is 14.7. The zero-order valence-corrected chi connectivity index (χ0v) is 10.4. The van der Waals surface area contributed by atoms with Crippen molar-refractivity contribution in [3.8, 4) is 0 Å². The fraction of sp³-hybridized carbons (Fsp3) is 0. The van der Waals surface area contributed by atoms with Gasteiger partial charge in [0.05, 0.1) is 0 Å². The number of hydrogen-bond donors (Lipinski definition) is 1. The summed E-state index contributed by atoms with van der Waals surface area (Å²) in [5, 5.41) is 13.0. The standard InChI is InChI=1S/C7H4BFNO2.Pb/c9-6-1-2-7-5(3-6)4-10-12-8(7)11;/h1-3,11H;. The molecule has 0 aromatic heterocycles. The number of benzene rings is 1. The summed E-state index contributed by atoms with van der Waals surface area (Å²) < 4.78 is 18.3. The molecular formula is C7H4BFNO2Pb. The van der Waals surface area contributed by atoms with Crippen molar-refractivity contribution in [2.45, 2.75) is 0 Å². The second kappa shape index (κ2) is 3.37. The van der Waals surface area contributed by atoms with Gasteiger partial charge in [0.1, 0.15) is 0 Å². The molecule has 2 rings (SSSR count). The van der Waals surface area contributed by atoms with Gasteiger partial charge in [0.25, 0.3) is 0 Å². The van der Waals surface area contributed by atoms with Gasteiger partial charge in [0.15, 0.2) is 0 Å². The van der Waals surface area contributed by atoms with Crippen LogP contribution >= 0.6 is 0 Å². The molecule has 0 spiro atoms. The molecule has 1 aromatic rings. The van der Waals surface area contributed by atoms with Crippen molar-refractivity contribution in [3.05, 3.63) is 29.6 Å². The van der Waals surface area contributed by atoms with E-state index in [1.165, 1.54) is 18.2 Å². The molecular weight excluding hydrogens is 367 g/mol. The average Bonchev–Trinajstić information content (AvgIpc) is 2.12. The molecule has 1 heterocycles. The Bertz CT molecular complexity index is 385. The quantitative estimate of drug-likeness (QED) is 0.618. The van der Waals surface area contributed by atoms with E-state index in [9.17, 15) is 9.41 Å². The summed E-state index contributed by atoms with van der Waals surface area (Å²) in [5.74, 6) is -0.323. The minimum atomic E-state index is -1.06. The molecule has 0 amide bonds. The summed E-state index contributed by atoms with van der Waals surface area (Å²) in [4.78, 5) is 0. The van der Waals surface area contributed by atoms with Crippen molar-refractivity contribution in [1.29, 1.82) is 0 Å². The van der Waals surface area contributed by atoms with Crippen molar-refractivity contribution in [2.24, 2.45) is 5.16 Å². The molecule has 63 valence electrons. The third kappa shape index (κ3) is 1.62. The molecule has 0 unspecified atom stereocenters. The Morgan fingerprint density at radius 1 is 1.54 bits per heavy atom. The molecule has 0 saturated carbocycles. The maximum atomic E-state index is 12.8. The van der Waals surface area contributed by atoms with Crippen LogP contribution in [0.5, 0.6) is 0 Å². The van der Waals surface area contributed by atoms with Crippen LogP contribution in [-0.2, 0) is 4.76 Å². The Hall–Kier alpha value is -0.433. The van der Waals surface area contributed by atoms with Gasteiger partial charge >= 0.3 is 90.5 Å². The summed E-state index contributed by atoms with van der Waals surface area (Å²) in [6.45, 7) is 0. The van der Waals surface area contributed by atoms with Gasteiger partial charge in [-0.05, 0) is 0 Å². The summed E-state index contributed by atoms with van der Waals surface area (Å²) in [6.07, 6.45) is 0. The maximum absolute atomic E-state index is 12.8. The number of fused-ring (bicyclic) bond motifs is 1. The Morgan fingerprint density at radius 3 is 3.08 bits per heavy atom. The number of nitrogens with zero attached hydrogens (tertiary/aromatic N) is 1. The Morgan fingerprint density at radius 2 is 2.31 bits per heavy atom. The summed E-state index contributed by atoms with van der Waals surface area (Å²) in [5.41, 5.74) is 1.24. The van der Waals surface area contributed by atoms with Crippen molar-refractivity contribution >= 4 is 41.6 Å². The molecule has 13 heavy (non-hydrogen) atoms. The molecule has 3 radical (unpaired) electrons. The van der Waals surface area contributed by atoms with Crippen LogP contribution in [0.1, 0.15) is 5.56 Å². The van der Waals surface area contributed by atoms with Gasteiger partial charge in [-0.15, -0.1) is 0 Å². The topological polar surface area (TPSA) is 41.8 Å². The molecule has 0 aliphatic carbocycles. The van der Waals surface area contributed by atoms with Crippen LogP contribution < -0.4 is 5.46 Å². The summed E-state index contributed by atoms with van der Waals surface area (Å²) in [6, 6.07) is 4.18. The van der Waals surface area contributed by atoms with Crippen LogP contribution in [0.15, 0.2) is 23.4 Å². The molecule has 1 aliphatic heterocycles. The molecule has 3 nitrogen and oxygen atoms in total. The number of rotatable bonds is 0. The van der Waals surface area contributed by atoms with Gasteiger partial charge in [-0.25, -0.2) is 0 Å². The second-order valence-corrected chi connectivity index (χ2v) is 4.47. The summed E-state index contributed by atoms with van der Waals surface area (Å²) in [7, 11) is -1.06. The van der Waals surface area contributed by atoms with Crippen LogP contribution in [0, 0.1) is 5.82 Å². The zero-order valence-electron chi connectivity index (χ0n) is 6.49. The fourth-order valence-electron chi connectivity index (χ4n) is 1.16. The Labute approximate surface area is 90.4 Å². The van der Waals surface area contributed by atoms with Crippen molar-refractivity contribution in [3.63, 3.8) is 0 Å². The van der Waals surface area contributed by atoms with E-state index < -0.39 is 7.12 Å².